The molecular weight excluding hydrogens is 289 g/mol. The maximum Gasteiger partial charge on any atom is 0.127 e. The number of hydrogen-bond donors (Lipinski definition) is 1. The molecule has 0 aliphatic carbocycles. The molecule has 0 saturated heterocycles. The molecule has 0 aliphatic rings. The van der Waals surface area contributed by atoms with Gasteiger partial charge in [-0.3, -0.25) is 4.98 Å². The van der Waals surface area contributed by atoms with Crippen molar-refractivity contribution in [1.82, 2.24) is 4.98 Å². The molecule has 3 aromatic rings. The van der Waals surface area contributed by atoms with Gasteiger partial charge in [0.2, 0.25) is 0 Å². The Labute approximate surface area is 126 Å². The van der Waals surface area contributed by atoms with Crippen molar-refractivity contribution in [2.45, 2.75) is 12.5 Å². The molecule has 0 bridgehead atoms. The van der Waals surface area contributed by atoms with Gasteiger partial charge in [-0.2, -0.15) is 0 Å². The molecule has 1 atom stereocenters. The fourth-order valence-corrected chi connectivity index (χ4v) is 2.57. The smallest absolute Gasteiger partial charge is 0.127 e. The standard InChI is InChI=1S/C17H13ClFNO/c18-14-4-1-5-15(19)13(14)10-17(21)12-7-6-11-3-2-8-20-16(11)9-12/h1-9,17,21H,10H2. The van der Waals surface area contributed by atoms with Crippen molar-refractivity contribution in [2.75, 3.05) is 0 Å². The van der Waals surface area contributed by atoms with Crippen molar-refractivity contribution in [3.05, 3.63) is 76.7 Å². The van der Waals surface area contributed by atoms with Crippen LogP contribution in [0.25, 0.3) is 10.9 Å². The molecule has 0 fully saturated rings. The summed E-state index contributed by atoms with van der Waals surface area (Å²) in [7, 11) is 0. The van der Waals surface area contributed by atoms with Gasteiger partial charge in [0, 0.05) is 28.6 Å². The predicted octanol–water partition coefficient (Wildman–Crippen LogP) is 4.30. The minimum Gasteiger partial charge on any atom is -0.388 e. The van der Waals surface area contributed by atoms with Crippen LogP contribution in [0, 0.1) is 5.82 Å². The van der Waals surface area contributed by atoms with Crippen LogP contribution < -0.4 is 0 Å². The van der Waals surface area contributed by atoms with Gasteiger partial charge in [0.05, 0.1) is 11.6 Å². The summed E-state index contributed by atoms with van der Waals surface area (Å²) >= 11 is 5.99. The lowest BCUT2D eigenvalue weighted by molar-refractivity contribution is 0.177. The van der Waals surface area contributed by atoms with Crippen LogP contribution in [0.2, 0.25) is 5.02 Å². The second kappa shape index (κ2) is 5.80. The minimum absolute atomic E-state index is 0.129. The number of halogens is 2. The lowest BCUT2D eigenvalue weighted by atomic mass is 10.00. The van der Waals surface area contributed by atoms with Crippen LogP contribution in [-0.4, -0.2) is 10.1 Å². The molecule has 2 nitrogen and oxygen atoms in total. The van der Waals surface area contributed by atoms with E-state index in [2.05, 4.69) is 4.98 Å². The molecule has 106 valence electrons. The second-order valence-electron chi connectivity index (χ2n) is 4.88. The number of nitrogens with zero attached hydrogens (tertiary/aromatic N) is 1. The van der Waals surface area contributed by atoms with E-state index < -0.39 is 11.9 Å². The minimum atomic E-state index is -0.828. The van der Waals surface area contributed by atoms with Crippen LogP contribution in [0.4, 0.5) is 4.39 Å². The number of aliphatic hydroxyl groups is 1. The fourth-order valence-electron chi connectivity index (χ4n) is 2.33. The molecule has 0 amide bonds. The maximum atomic E-state index is 13.8. The van der Waals surface area contributed by atoms with E-state index in [0.29, 0.717) is 16.1 Å². The molecule has 2 aromatic carbocycles. The highest BCUT2D eigenvalue weighted by molar-refractivity contribution is 6.31. The summed E-state index contributed by atoms with van der Waals surface area (Å²) < 4.78 is 13.8. The van der Waals surface area contributed by atoms with Crippen molar-refractivity contribution < 1.29 is 9.50 Å². The Hall–Kier alpha value is -1.97. The molecule has 1 heterocycles. The first-order valence-electron chi connectivity index (χ1n) is 6.61. The first kappa shape index (κ1) is 14.0. The van der Waals surface area contributed by atoms with Crippen molar-refractivity contribution in [3.8, 4) is 0 Å². The molecule has 1 aromatic heterocycles. The summed E-state index contributed by atoms with van der Waals surface area (Å²) in [6.07, 6.45) is 1.00. The van der Waals surface area contributed by atoms with Gasteiger partial charge in [-0.25, -0.2) is 4.39 Å². The van der Waals surface area contributed by atoms with E-state index in [-0.39, 0.29) is 6.42 Å². The summed E-state index contributed by atoms with van der Waals surface area (Å²) in [6.45, 7) is 0. The van der Waals surface area contributed by atoms with Gasteiger partial charge in [0.15, 0.2) is 0 Å². The third kappa shape index (κ3) is 2.89. The second-order valence-corrected chi connectivity index (χ2v) is 5.28. The van der Waals surface area contributed by atoms with Crippen LogP contribution in [0.3, 0.4) is 0 Å². The average molecular weight is 302 g/mol. The fraction of sp³-hybridized carbons (Fsp3) is 0.118. The monoisotopic (exact) mass is 301 g/mol. The molecule has 0 spiro atoms. The van der Waals surface area contributed by atoms with Gasteiger partial charge in [0.1, 0.15) is 5.82 Å². The predicted molar refractivity (Wildman–Crippen MR) is 81.8 cm³/mol. The molecule has 0 saturated carbocycles. The molecular formula is C17H13ClFNO. The summed E-state index contributed by atoms with van der Waals surface area (Å²) in [5.41, 5.74) is 1.82. The van der Waals surface area contributed by atoms with E-state index in [1.165, 1.54) is 6.07 Å². The van der Waals surface area contributed by atoms with E-state index >= 15 is 0 Å². The Bertz CT molecular complexity index is 770. The van der Waals surface area contributed by atoms with E-state index in [1.54, 1.807) is 18.3 Å². The van der Waals surface area contributed by atoms with Gasteiger partial charge >= 0.3 is 0 Å². The summed E-state index contributed by atoms with van der Waals surface area (Å²) in [6, 6.07) is 13.9. The van der Waals surface area contributed by atoms with Crippen molar-refractivity contribution in [2.24, 2.45) is 0 Å². The van der Waals surface area contributed by atoms with Gasteiger partial charge < -0.3 is 5.11 Å². The molecule has 1 unspecified atom stereocenters. The van der Waals surface area contributed by atoms with E-state index in [9.17, 15) is 9.50 Å². The van der Waals surface area contributed by atoms with Crippen LogP contribution >= 0.6 is 11.6 Å². The zero-order valence-electron chi connectivity index (χ0n) is 11.1. The molecule has 0 aliphatic heterocycles. The van der Waals surface area contributed by atoms with Crippen molar-refractivity contribution in [3.63, 3.8) is 0 Å². The lowest BCUT2D eigenvalue weighted by Crippen LogP contribution is -2.04. The highest BCUT2D eigenvalue weighted by Gasteiger charge is 2.15. The Kier molecular flexibility index (Phi) is 3.86. The average Bonchev–Trinajstić information content (AvgIpc) is 2.50. The first-order chi connectivity index (χ1) is 10.1. The number of hydrogen-bond acceptors (Lipinski definition) is 2. The normalized spacial score (nSPS) is 12.5. The van der Waals surface area contributed by atoms with Crippen LogP contribution in [-0.2, 0) is 6.42 Å². The number of benzene rings is 2. The molecule has 21 heavy (non-hydrogen) atoms. The van der Waals surface area contributed by atoms with E-state index in [1.807, 2.05) is 30.3 Å². The van der Waals surface area contributed by atoms with Gasteiger partial charge in [0.25, 0.3) is 0 Å². The zero-order chi connectivity index (χ0) is 14.8. The van der Waals surface area contributed by atoms with Crippen LogP contribution in [0.5, 0.6) is 0 Å². The van der Waals surface area contributed by atoms with Gasteiger partial charge in [-0.05, 0) is 29.8 Å². The summed E-state index contributed by atoms with van der Waals surface area (Å²) in [5, 5.41) is 11.7. The van der Waals surface area contributed by atoms with E-state index in [0.717, 1.165) is 10.9 Å². The summed E-state index contributed by atoms with van der Waals surface area (Å²) in [4.78, 5) is 4.26. The zero-order valence-corrected chi connectivity index (χ0v) is 11.9. The molecule has 1 N–H and O–H groups in total. The maximum absolute atomic E-state index is 13.8. The first-order valence-corrected chi connectivity index (χ1v) is 6.98. The number of aromatic nitrogens is 1. The van der Waals surface area contributed by atoms with Gasteiger partial charge in [-0.15, -0.1) is 0 Å². The van der Waals surface area contributed by atoms with Crippen LogP contribution in [0.15, 0.2) is 54.7 Å². The topological polar surface area (TPSA) is 33.1 Å². The summed E-state index contributed by atoms with van der Waals surface area (Å²) in [5.74, 6) is -0.402. The molecule has 3 rings (SSSR count). The number of aliphatic hydroxyl groups excluding tert-OH is 1. The third-order valence-electron chi connectivity index (χ3n) is 3.47. The Morgan fingerprint density at radius 1 is 1.14 bits per heavy atom. The Morgan fingerprint density at radius 2 is 2.00 bits per heavy atom. The molecule has 4 heteroatoms. The quantitative estimate of drug-likeness (QED) is 0.782. The number of fused-ring (bicyclic) bond motifs is 1. The van der Waals surface area contributed by atoms with Crippen LogP contribution in [0.1, 0.15) is 17.2 Å². The SMILES string of the molecule is OC(Cc1c(F)cccc1Cl)c1ccc2cccnc2c1. The molecule has 0 radical (unpaired) electrons. The van der Waals surface area contributed by atoms with Crippen molar-refractivity contribution >= 4 is 22.5 Å². The van der Waals surface area contributed by atoms with E-state index in [4.69, 9.17) is 11.6 Å². The Balaban J connectivity index is 1.91. The highest BCUT2D eigenvalue weighted by atomic mass is 35.5. The lowest BCUT2D eigenvalue weighted by Gasteiger charge is -2.13. The largest absolute Gasteiger partial charge is 0.388 e. The highest BCUT2D eigenvalue weighted by Crippen LogP contribution is 2.27. The van der Waals surface area contributed by atoms with Gasteiger partial charge in [-0.1, -0.05) is 35.9 Å². The Morgan fingerprint density at radius 3 is 2.81 bits per heavy atom. The number of rotatable bonds is 3. The number of pyridine rings is 1. The third-order valence-corrected chi connectivity index (χ3v) is 3.83. The van der Waals surface area contributed by atoms with Crippen molar-refractivity contribution in [1.29, 1.82) is 0 Å².